The highest BCUT2D eigenvalue weighted by Crippen LogP contribution is 2.20. The Morgan fingerprint density at radius 2 is 2.00 bits per heavy atom. The summed E-state index contributed by atoms with van der Waals surface area (Å²) in [5, 5.41) is 2.60. The number of hydrogen-bond acceptors (Lipinski definition) is 4. The molecule has 0 atom stereocenters. The molecular weight excluding hydrogens is 160 g/mol. The third-order valence-corrected chi connectivity index (χ3v) is 2.08. The third kappa shape index (κ3) is 0.662. The van der Waals surface area contributed by atoms with Crippen LogP contribution >= 0.6 is 0 Å². The summed E-state index contributed by atoms with van der Waals surface area (Å²) in [6.07, 6.45) is 0.887. The van der Waals surface area contributed by atoms with Crippen molar-refractivity contribution in [2.24, 2.45) is 5.18 Å². The topological polar surface area (TPSA) is 82.4 Å². The van der Waals surface area contributed by atoms with Crippen LogP contribution in [0.1, 0.15) is 6.42 Å². The van der Waals surface area contributed by atoms with Gasteiger partial charge in [-0.25, -0.2) is 4.68 Å². The zero-order valence-electron chi connectivity index (χ0n) is 6.36. The van der Waals surface area contributed by atoms with Crippen LogP contribution in [-0.2, 0) is 13.1 Å². The van der Waals surface area contributed by atoms with Crippen LogP contribution in [0.4, 0.5) is 11.5 Å². The molecule has 1 aromatic rings. The fourth-order valence-electron chi connectivity index (χ4n) is 1.51. The van der Waals surface area contributed by atoms with E-state index in [4.69, 9.17) is 5.73 Å². The van der Waals surface area contributed by atoms with Gasteiger partial charge in [-0.1, -0.05) is 0 Å². The molecule has 2 rings (SSSR count). The minimum Gasteiger partial charge on any atom is -0.382 e. The van der Waals surface area contributed by atoms with Gasteiger partial charge in [0.2, 0.25) is 5.69 Å². The van der Waals surface area contributed by atoms with E-state index >= 15 is 0 Å². The molecule has 0 amide bonds. The van der Waals surface area contributed by atoms with Crippen molar-refractivity contribution in [2.45, 2.75) is 19.5 Å². The van der Waals surface area contributed by atoms with Gasteiger partial charge >= 0.3 is 0 Å². The van der Waals surface area contributed by atoms with Gasteiger partial charge in [0.15, 0.2) is 5.82 Å². The molecule has 1 aromatic heterocycles. The first kappa shape index (κ1) is 7.08. The average Bonchev–Trinajstić information content (AvgIpc) is 2.58. The fourth-order valence-corrected chi connectivity index (χ4v) is 1.51. The summed E-state index contributed by atoms with van der Waals surface area (Å²) in [4.78, 5) is 21.5. The molecule has 1 aliphatic heterocycles. The van der Waals surface area contributed by atoms with Crippen LogP contribution in [0.2, 0.25) is 0 Å². The zero-order valence-corrected chi connectivity index (χ0v) is 6.36. The van der Waals surface area contributed by atoms with Gasteiger partial charge in [-0.3, -0.25) is 9.48 Å². The summed E-state index contributed by atoms with van der Waals surface area (Å²) < 4.78 is 3.05. The van der Waals surface area contributed by atoms with Crippen molar-refractivity contribution in [1.82, 2.24) is 9.36 Å². The summed E-state index contributed by atoms with van der Waals surface area (Å²) in [7, 11) is 0. The third-order valence-electron chi connectivity index (χ3n) is 2.08. The van der Waals surface area contributed by atoms with Crippen molar-refractivity contribution in [2.75, 3.05) is 5.73 Å². The van der Waals surface area contributed by atoms with Gasteiger partial charge in [0, 0.05) is 13.1 Å². The van der Waals surface area contributed by atoms with Crippen molar-refractivity contribution in [3.8, 4) is 0 Å². The number of nitrogen functional groups attached to an aromatic ring is 1. The Morgan fingerprint density at radius 1 is 1.33 bits per heavy atom. The van der Waals surface area contributed by atoms with E-state index in [1.807, 2.05) is 0 Å². The maximum Gasteiger partial charge on any atom is 0.298 e. The smallest absolute Gasteiger partial charge is 0.298 e. The molecule has 12 heavy (non-hydrogen) atoms. The van der Waals surface area contributed by atoms with E-state index in [1.54, 1.807) is 4.68 Å². The van der Waals surface area contributed by atoms with Crippen molar-refractivity contribution in [3.05, 3.63) is 15.3 Å². The predicted molar refractivity (Wildman–Crippen MR) is 43.2 cm³/mol. The highest BCUT2D eigenvalue weighted by Gasteiger charge is 2.21. The number of aromatic nitrogens is 2. The van der Waals surface area contributed by atoms with Crippen molar-refractivity contribution in [1.29, 1.82) is 0 Å². The van der Waals surface area contributed by atoms with Gasteiger partial charge < -0.3 is 5.73 Å². The molecule has 2 heterocycles. The second-order valence-corrected chi connectivity index (χ2v) is 2.73. The molecule has 0 bridgehead atoms. The van der Waals surface area contributed by atoms with Crippen LogP contribution in [0.5, 0.6) is 0 Å². The van der Waals surface area contributed by atoms with Gasteiger partial charge in [0.1, 0.15) is 0 Å². The van der Waals surface area contributed by atoms with E-state index in [1.165, 1.54) is 4.68 Å². The normalized spacial score (nSPS) is 14.7. The lowest BCUT2D eigenvalue weighted by Gasteiger charge is -1.98. The van der Waals surface area contributed by atoms with Crippen molar-refractivity contribution < 1.29 is 0 Å². The van der Waals surface area contributed by atoms with Gasteiger partial charge in [-0.05, 0) is 11.6 Å². The Bertz CT molecular complexity index is 389. The van der Waals surface area contributed by atoms with Crippen LogP contribution in [0.15, 0.2) is 9.97 Å². The monoisotopic (exact) mass is 168 g/mol. The maximum atomic E-state index is 11.3. The summed E-state index contributed by atoms with van der Waals surface area (Å²) in [5.74, 6) is 0.188. The minimum atomic E-state index is -0.375. The van der Waals surface area contributed by atoms with E-state index < -0.39 is 0 Å². The quantitative estimate of drug-likeness (QED) is 0.600. The molecule has 0 unspecified atom stereocenters. The lowest BCUT2D eigenvalue weighted by molar-refractivity contribution is 0.601. The number of nitroso groups, excluding NO2 is 1. The summed E-state index contributed by atoms with van der Waals surface area (Å²) in [6, 6.07) is 0. The minimum absolute atomic E-state index is 0.158. The van der Waals surface area contributed by atoms with Crippen LogP contribution in [0, 0.1) is 4.91 Å². The Kier molecular flexibility index (Phi) is 1.30. The fraction of sp³-hybridized carbons (Fsp3) is 0.500. The molecule has 6 heteroatoms. The van der Waals surface area contributed by atoms with Crippen LogP contribution in [0.3, 0.4) is 0 Å². The first-order chi connectivity index (χ1) is 5.75. The number of nitrogens with two attached hydrogens (primary N) is 1. The van der Waals surface area contributed by atoms with Gasteiger partial charge in [0.25, 0.3) is 5.56 Å². The summed E-state index contributed by atoms with van der Waals surface area (Å²) in [5.41, 5.74) is 4.98. The van der Waals surface area contributed by atoms with Crippen LogP contribution in [-0.4, -0.2) is 9.36 Å². The number of fused-ring (bicyclic) bond motifs is 1. The summed E-state index contributed by atoms with van der Waals surface area (Å²) >= 11 is 0. The Hall–Kier alpha value is -1.59. The summed E-state index contributed by atoms with van der Waals surface area (Å²) in [6.45, 7) is 1.31. The van der Waals surface area contributed by atoms with E-state index in [-0.39, 0.29) is 17.1 Å². The largest absolute Gasteiger partial charge is 0.382 e. The highest BCUT2D eigenvalue weighted by atomic mass is 16.3. The number of rotatable bonds is 1. The Morgan fingerprint density at radius 3 is 2.58 bits per heavy atom. The van der Waals surface area contributed by atoms with E-state index in [2.05, 4.69) is 5.18 Å². The Labute approximate surface area is 67.5 Å². The number of anilines is 1. The second kappa shape index (κ2) is 2.20. The Balaban J connectivity index is 2.77. The average molecular weight is 168 g/mol. The molecule has 0 aliphatic carbocycles. The molecule has 0 radical (unpaired) electrons. The van der Waals surface area contributed by atoms with E-state index in [0.29, 0.717) is 13.1 Å². The second-order valence-electron chi connectivity index (χ2n) is 2.73. The highest BCUT2D eigenvalue weighted by molar-refractivity contribution is 5.56. The first-order valence-electron chi connectivity index (χ1n) is 3.68. The lowest BCUT2D eigenvalue weighted by Crippen LogP contribution is -2.16. The first-order valence-corrected chi connectivity index (χ1v) is 3.68. The van der Waals surface area contributed by atoms with Crippen molar-refractivity contribution in [3.63, 3.8) is 0 Å². The van der Waals surface area contributed by atoms with Gasteiger partial charge in [-0.15, -0.1) is 4.91 Å². The molecular formula is C6H8N4O2. The van der Waals surface area contributed by atoms with Crippen LogP contribution in [0.25, 0.3) is 0 Å². The molecule has 6 nitrogen and oxygen atoms in total. The molecule has 0 saturated heterocycles. The molecule has 1 aliphatic rings. The molecule has 0 aromatic carbocycles. The number of nitrogens with zero attached hydrogens (tertiary/aromatic N) is 3. The SMILES string of the molecule is Nc1c(N=O)c(=O)n2n1CCC2. The standard InChI is InChI=1S/C6H8N4O2/c7-5-4(8-12)6(11)10-3-1-2-9(5)10/h1-3,7H2. The lowest BCUT2D eigenvalue weighted by atomic mass is 10.4. The molecule has 64 valence electrons. The zero-order chi connectivity index (χ0) is 8.72. The van der Waals surface area contributed by atoms with E-state index in [0.717, 1.165) is 6.42 Å². The molecule has 0 spiro atoms. The van der Waals surface area contributed by atoms with Crippen molar-refractivity contribution >= 4 is 11.5 Å². The van der Waals surface area contributed by atoms with Gasteiger partial charge in [-0.2, -0.15) is 0 Å². The van der Waals surface area contributed by atoms with Gasteiger partial charge in [0.05, 0.1) is 0 Å². The maximum absolute atomic E-state index is 11.3. The molecule has 0 fully saturated rings. The molecule has 0 saturated carbocycles. The van der Waals surface area contributed by atoms with E-state index in [9.17, 15) is 9.70 Å². The number of hydrogen-bond donors (Lipinski definition) is 1. The predicted octanol–water partition coefficient (Wildman–Crippen LogP) is 0.0336. The molecule has 2 N–H and O–H groups in total. The van der Waals surface area contributed by atoms with Crippen LogP contribution < -0.4 is 11.3 Å².